The second kappa shape index (κ2) is 4.93. The SMILES string of the molecule is C=C1CC[C@@H]([N+](=O)[O-])[C@](C)(N=O)CC[C@@H]2[C@@H]1CC2(C)C. The third kappa shape index (κ3) is 2.38. The summed E-state index contributed by atoms with van der Waals surface area (Å²) in [6.07, 6.45) is 3.43. The highest BCUT2D eigenvalue weighted by Gasteiger charge is 2.52. The van der Waals surface area contributed by atoms with Gasteiger partial charge in [-0.3, -0.25) is 10.1 Å². The van der Waals surface area contributed by atoms with Crippen molar-refractivity contribution in [1.29, 1.82) is 0 Å². The monoisotopic (exact) mass is 280 g/mol. The van der Waals surface area contributed by atoms with Crippen molar-refractivity contribution in [2.75, 3.05) is 0 Å². The average Bonchev–Trinajstić information content (AvgIpc) is 2.39. The summed E-state index contributed by atoms with van der Waals surface area (Å²) in [5.74, 6) is 0.938. The fourth-order valence-corrected chi connectivity index (χ4v) is 4.14. The summed E-state index contributed by atoms with van der Waals surface area (Å²) in [4.78, 5) is 22.2. The number of rotatable bonds is 2. The molecule has 0 aromatic rings. The van der Waals surface area contributed by atoms with E-state index in [1.165, 1.54) is 0 Å². The first-order chi connectivity index (χ1) is 9.21. The predicted molar refractivity (Wildman–Crippen MR) is 78.0 cm³/mol. The molecule has 0 amide bonds. The molecular formula is C15H24N2O3. The van der Waals surface area contributed by atoms with Crippen molar-refractivity contribution in [3.05, 3.63) is 27.2 Å². The van der Waals surface area contributed by atoms with E-state index in [0.29, 0.717) is 31.1 Å². The van der Waals surface area contributed by atoms with Crippen molar-refractivity contribution >= 4 is 0 Å². The van der Waals surface area contributed by atoms with Gasteiger partial charge in [-0.1, -0.05) is 31.2 Å². The summed E-state index contributed by atoms with van der Waals surface area (Å²) in [7, 11) is 0. The Bertz CT molecular complexity index is 446. The molecule has 0 saturated heterocycles. The molecular weight excluding hydrogens is 256 g/mol. The topological polar surface area (TPSA) is 72.6 Å². The van der Waals surface area contributed by atoms with Gasteiger partial charge in [0.05, 0.1) is 0 Å². The molecule has 0 heterocycles. The maximum Gasteiger partial charge on any atom is 0.241 e. The van der Waals surface area contributed by atoms with E-state index in [-0.39, 0.29) is 10.3 Å². The quantitative estimate of drug-likeness (QED) is 0.333. The molecule has 5 nitrogen and oxygen atoms in total. The smallest absolute Gasteiger partial charge is 0.241 e. The Balaban J connectivity index is 2.27. The lowest BCUT2D eigenvalue weighted by Gasteiger charge is -2.53. The van der Waals surface area contributed by atoms with Gasteiger partial charge >= 0.3 is 0 Å². The van der Waals surface area contributed by atoms with Gasteiger partial charge in [0, 0.05) is 11.3 Å². The molecule has 2 saturated carbocycles. The van der Waals surface area contributed by atoms with Crippen molar-refractivity contribution in [2.24, 2.45) is 22.4 Å². The van der Waals surface area contributed by atoms with Crippen molar-refractivity contribution < 1.29 is 4.92 Å². The fourth-order valence-electron chi connectivity index (χ4n) is 4.14. The number of nitroso groups, excluding NO2 is 1. The van der Waals surface area contributed by atoms with Crippen LogP contribution < -0.4 is 0 Å². The molecule has 0 radical (unpaired) electrons. The third-order valence-corrected chi connectivity index (χ3v) is 5.64. The summed E-state index contributed by atoms with van der Waals surface area (Å²) >= 11 is 0. The molecule has 2 aliphatic rings. The minimum atomic E-state index is -1.09. The summed E-state index contributed by atoms with van der Waals surface area (Å²) in [6.45, 7) is 10.2. The lowest BCUT2D eigenvalue weighted by molar-refractivity contribution is -0.534. The number of nitro groups is 1. The summed E-state index contributed by atoms with van der Waals surface area (Å²) < 4.78 is 0. The molecule has 0 aromatic heterocycles. The second-order valence-electron chi connectivity index (χ2n) is 7.39. The number of allylic oxidation sites excluding steroid dienone is 1. The maximum atomic E-state index is 11.3. The van der Waals surface area contributed by atoms with E-state index < -0.39 is 11.6 Å². The average molecular weight is 280 g/mol. The number of nitrogens with zero attached hydrogens (tertiary/aromatic N) is 2. The Labute approximate surface area is 119 Å². The van der Waals surface area contributed by atoms with Gasteiger partial charge in [-0.05, 0) is 49.9 Å². The van der Waals surface area contributed by atoms with Gasteiger partial charge in [-0.2, -0.15) is 0 Å². The van der Waals surface area contributed by atoms with Gasteiger partial charge in [0.25, 0.3) is 0 Å². The normalized spacial score (nSPS) is 40.5. The van der Waals surface area contributed by atoms with Crippen LogP contribution in [0.5, 0.6) is 0 Å². The second-order valence-corrected chi connectivity index (χ2v) is 7.39. The Morgan fingerprint density at radius 3 is 2.50 bits per heavy atom. The Kier molecular flexibility index (Phi) is 3.73. The first kappa shape index (κ1) is 15.1. The van der Waals surface area contributed by atoms with Crippen LogP contribution in [-0.2, 0) is 0 Å². The van der Waals surface area contributed by atoms with Crippen LogP contribution in [0.15, 0.2) is 17.3 Å². The summed E-state index contributed by atoms with van der Waals surface area (Å²) in [5.41, 5.74) is 0.271. The van der Waals surface area contributed by atoms with Crippen LogP contribution in [0.3, 0.4) is 0 Å². The van der Waals surface area contributed by atoms with Gasteiger partial charge < -0.3 is 0 Å². The van der Waals surface area contributed by atoms with Crippen LogP contribution in [-0.4, -0.2) is 16.5 Å². The minimum absolute atomic E-state index is 0.242. The molecule has 0 spiro atoms. The van der Waals surface area contributed by atoms with Crippen LogP contribution in [0.2, 0.25) is 0 Å². The molecule has 0 aromatic carbocycles. The molecule has 0 bridgehead atoms. The highest BCUT2D eigenvalue weighted by molar-refractivity contribution is 5.15. The van der Waals surface area contributed by atoms with Crippen molar-refractivity contribution in [3.8, 4) is 0 Å². The van der Waals surface area contributed by atoms with Gasteiger partial charge in [0.15, 0.2) is 5.54 Å². The van der Waals surface area contributed by atoms with Crippen LogP contribution in [0.25, 0.3) is 0 Å². The highest BCUT2D eigenvalue weighted by Crippen LogP contribution is 2.57. The molecule has 2 rings (SSSR count). The molecule has 112 valence electrons. The standard InChI is InChI=1S/C15H24N2O3/c1-10-5-6-13(17(19)20)15(4,16-18)8-7-12-11(10)9-14(12,2)3/h11-13H,1,5-9H2,2-4H3/t11-,12-,13-,15-/m1/s1. The Morgan fingerprint density at radius 1 is 1.35 bits per heavy atom. The van der Waals surface area contributed by atoms with E-state index in [1.54, 1.807) is 6.92 Å². The lowest BCUT2D eigenvalue weighted by atomic mass is 9.52. The van der Waals surface area contributed by atoms with Gasteiger partial charge in [-0.15, -0.1) is 4.91 Å². The van der Waals surface area contributed by atoms with Crippen LogP contribution >= 0.6 is 0 Å². The van der Waals surface area contributed by atoms with Crippen molar-refractivity contribution in [3.63, 3.8) is 0 Å². The highest BCUT2D eigenvalue weighted by atomic mass is 16.6. The van der Waals surface area contributed by atoms with Crippen LogP contribution in [0, 0.1) is 32.3 Å². The number of fused-ring (bicyclic) bond motifs is 1. The molecule has 5 heteroatoms. The van der Waals surface area contributed by atoms with E-state index in [0.717, 1.165) is 18.4 Å². The largest absolute Gasteiger partial charge is 0.264 e. The zero-order valence-corrected chi connectivity index (χ0v) is 12.6. The minimum Gasteiger partial charge on any atom is -0.264 e. The molecule has 0 aliphatic heterocycles. The zero-order valence-electron chi connectivity index (χ0n) is 12.6. The summed E-state index contributed by atoms with van der Waals surface area (Å²) in [5, 5.41) is 14.5. The third-order valence-electron chi connectivity index (χ3n) is 5.64. The Hall–Kier alpha value is -1.26. The van der Waals surface area contributed by atoms with Gasteiger partial charge in [0.2, 0.25) is 6.04 Å². The fraction of sp³-hybridized carbons (Fsp3) is 0.867. The van der Waals surface area contributed by atoms with Gasteiger partial charge in [0.1, 0.15) is 0 Å². The van der Waals surface area contributed by atoms with E-state index in [2.05, 4.69) is 25.6 Å². The first-order valence-electron chi connectivity index (χ1n) is 7.37. The number of hydrogen-bond donors (Lipinski definition) is 0. The summed E-state index contributed by atoms with van der Waals surface area (Å²) in [6, 6.07) is -0.891. The first-order valence-corrected chi connectivity index (χ1v) is 7.37. The molecule has 2 aliphatic carbocycles. The maximum absolute atomic E-state index is 11.3. The van der Waals surface area contributed by atoms with Gasteiger partial charge in [-0.25, -0.2) is 0 Å². The van der Waals surface area contributed by atoms with E-state index >= 15 is 0 Å². The Morgan fingerprint density at radius 2 is 2.00 bits per heavy atom. The molecule has 2 fully saturated rings. The van der Waals surface area contributed by atoms with Crippen molar-refractivity contribution in [1.82, 2.24) is 0 Å². The molecule has 4 atom stereocenters. The van der Waals surface area contributed by atoms with E-state index in [9.17, 15) is 15.0 Å². The van der Waals surface area contributed by atoms with Crippen LogP contribution in [0.1, 0.15) is 52.9 Å². The lowest BCUT2D eigenvalue weighted by Crippen LogP contribution is -2.46. The molecule has 0 N–H and O–H groups in total. The van der Waals surface area contributed by atoms with E-state index in [1.807, 2.05) is 0 Å². The molecule has 20 heavy (non-hydrogen) atoms. The number of hydrogen-bond acceptors (Lipinski definition) is 4. The predicted octanol–water partition coefficient (Wildman–Crippen LogP) is 3.95. The van der Waals surface area contributed by atoms with E-state index in [4.69, 9.17) is 0 Å². The molecule has 0 unspecified atom stereocenters. The zero-order chi connectivity index (χ0) is 15.1. The van der Waals surface area contributed by atoms with Crippen LogP contribution in [0.4, 0.5) is 0 Å². The van der Waals surface area contributed by atoms with Crippen molar-refractivity contribution in [2.45, 2.75) is 64.5 Å².